The predicted octanol–water partition coefficient (Wildman–Crippen LogP) is 4.06. The zero-order valence-corrected chi connectivity index (χ0v) is 16.3. The second-order valence-corrected chi connectivity index (χ2v) is 8.02. The Bertz CT molecular complexity index is 872. The summed E-state index contributed by atoms with van der Waals surface area (Å²) in [6.07, 6.45) is 4.95. The Morgan fingerprint density at radius 3 is 2.50 bits per heavy atom. The molecule has 0 atom stereocenters. The van der Waals surface area contributed by atoms with Gasteiger partial charge in [-0.1, -0.05) is 24.3 Å². The van der Waals surface area contributed by atoms with E-state index in [1.807, 2.05) is 43.3 Å². The molecule has 0 aliphatic heterocycles. The monoisotopic (exact) mass is 377 g/mol. The molecular formula is C23H27N3O2. The SMILES string of the molecule is Cc1cccc(NC(=O)c2ccccc2NC(=O)CN(CC2CC2)C2CC2)c1. The van der Waals surface area contributed by atoms with Gasteiger partial charge in [0.05, 0.1) is 17.8 Å². The minimum absolute atomic E-state index is 0.0524. The zero-order valence-electron chi connectivity index (χ0n) is 16.3. The molecule has 2 aliphatic rings. The van der Waals surface area contributed by atoms with Gasteiger partial charge in [0.15, 0.2) is 0 Å². The van der Waals surface area contributed by atoms with Crippen LogP contribution in [0.2, 0.25) is 0 Å². The molecular weight excluding hydrogens is 350 g/mol. The highest BCUT2D eigenvalue weighted by Crippen LogP contribution is 2.34. The van der Waals surface area contributed by atoms with E-state index in [2.05, 4.69) is 15.5 Å². The molecule has 2 amide bonds. The van der Waals surface area contributed by atoms with Crippen LogP contribution in [0.25, 0.3) is 0 Å². The van der Waals surface area contributed by atoms with E-state index in [0.29, 0.717) is 23.8 Å². The van der Waals surface area contributed by atoms with Crippen LogP contribution < -0.4 is 10.6 Å². The second kappa shape index (κ2) is 8.15. The van der Waals surface area contributed by atoms with Gasteiger partial charge in [0, 0.05) is 18.3 Å². The van der Waals surface area contributed by atoms with Gasteiger partial charge in [-0.2, -0.15) is 0 Å². The maximum Gasteiger partial charge on any atom is 0.257 e. The van der Waals surface area contributed by atoms with Crippen molar-refractivity contribution >= 4 is 23.2 Å². The summed E-state index contributed by atoms with van der Waals surface area (Å²) in [7, 11) is 0. The number of carbonyl (C=O) groups is 2. The lowest BCUT2D eigenvalue weighted by molar-refractivity contribution is -0.117. The average molecular weight is 377 g/mol. The first-order valence-corrected chi connectivity index (χ1v) is 10.1. The van der Waals surface area contributed by atoms with Gasteiger partial charge in [-0.15, -0.1) is 0 Å². The van der Waals surface area contributed by atoms with Gasteiger partial charge in [-0.05, 0) is 68.4 Å². The van der Waals surface area contributed by atoms with Gasteiger partial charge in [-0.3, -0.25) is 14.5 Å². The van der Waals surface area contributed by atoms with Crippen LogP contribution >= 0.6 is 0 Å². The first-order chi connectivity index (χ1) is 13.6. The maximum absolute atomic E-state index is 12.7. The van der Waals surface area contributed by atoms with Gasteiger partial charge in [0.2, 0.25) is 5.91 Å². The van der Waals surface area contributed by atoms with Gasteiger partial charge < -0.3 is 10.6 Å². The molecule has 0 unspecified atom stereocenters. The molecule has 5 nitrogen and oxygen atoms in total. The number of aryl methyl sites for hydroxylation is 1. The fourth-order valence-electron chi connectivity index (χ4n) is 3.50. The molecule has 2 N–H and O–H groups in total. The van der Waals surface area contributed by atoms with Crippen molar-refractivity contribution in [2.75, 3.05) is 23.7 Å². The van der Waals surface area contributed by atoms with Crippen LogP contribution in [0.1, 0.15) is 41.6 Å². The standard InChI is InChI=1S/C23H27N3O2/c1-16-5-4-6-18(13-16)24-23(28)20-7-2-3-8-21(20)25-22(27)15-26(19-11-12-19)14-17-9-10-17/h2-8,13,17,19H,9-12,14-15H2,1H3,(H,24,28)(H,25,27). The number of nitrogens with zero attached hydrogens (tertiary/aromatic N) is 1. The van der Waals surface area contributed by atoms with Crippen LogP contribution in [0.5, 0.6) is 0 Å². The highest BCUT2D eigenvalue weighted by molar-refractivity contribution is 6.10. The van der Waals surface area contributed by atoms with Gasteiger partial charge in [0.1, 0.15) is 0 Å². The van der Waals surface area contributed by atoms with Crippen LogP contribution in [-0.4, -0.2) is 35.8 Å². The molecule has 2 aromatic carbocycles. The molecule has 146 valence electrons. The number of anilines is 2. The summed E-state index contributed by atoms with van der Waals surface area (Å²) in [5, 5.41) is 5.87. The van der Waals surface area contributed by atoms with Gasteiger partial charge in [-0.25, -0.2) is 0 Å². The highest BCUT2D eigenvalue weighted by atomic mass is 16.2. The lowest BCUT2D eigenvalue weighted by atomic mass is 10.1. The van der Waals surface area contributed by atoms with Crippen LogP contribution in [0.3, 0.4) is 0 Å². The van der Waals surface area contributed by atoms with Crippen molar-refractivity contribution in [2.24, 2.45) is 5.92 Å². The molecule has 2 aromatic rings. The largest absolute Gasteiger partial charge is 0.324 e. The molecule has 0 bridgehead atoms. The number of hydrogen-bond acceptors (Lipinski definition) is 3. The lowest BCUT2D eigenvalue weighted by Crippen LogP contribution is -2.36. The van der Waals surface area contributed by atoms with E-state index in [0.717, 1.165) is 23.7 Å². The van der Waals surface area contributed by atoms with Crippen molar-refractivity contribution in [1.82, 2.24) is 4.90 Å². The lowest BCUT2D eigenvalue weighted by Gasteiger charge is -2.21. The fourth-order valence-corrected chi connectivity index (χ4v) is 3.50. The smallest absolute Gasteiger partial charge is 0.257 e. The molecule has 0 saturated heterocycles. The average Bonchev–Trinajstić information content (AvgIpc) is 3.55. The van der Waals surface area contributed by atoms with E-state index in [4.69, 9.17) is 0 Å². The summed E-state index contributed by atoms with van der Waals surface area (Å²) < 4.78 is 0. The number of hydrogen-bond donors (Lipinski definition) is 2. The predicted molar refractivity (Wildman–Crippen MR) is 112 cm³/mol. The number of rotatable bonds is 8. The van der Waals surface area contributed by atoms with Crippen molar-refractivity contribution < 1.29 is 9.59 Å². The fraction of sp³-hybridized carbons (Fsp3) is 0.391. The summed E-state index contributed by atoms with van der Waals surface area (Å²) >= 11 is 0. The molecule has 0 heterocycles. The molecule has 0 aromatic heterocycles. The Hall–Kier alpha value is -2.66. The number of benzene rings is 2. The third-order valence-electron chi connectivity index (χ3n) is 5.32. The normalized spacial score (nSPS) is 16.1. The van der Waals surface area contributed by atoms with E-state index in [9.17, 15) is 9.59 Å². The summed E-state index contributed by atoms with van der Waals surface area (Å²) in [5.74, 6) is 0.489. The molecule has 5 heteroatoms. The Labute approximate surface area is 166 Å². The third kappa shape index (κ3) is 4.98. The summed E-state index contributed by atoms with van der Waals surface area (Å²) in [5.41, 5.74) is 2.85. The Kier molecular flexibility index (Phi) is 5.44. The Morgan fingerprint density at radius 2 is 1.79 bits per heavy atom. The minimum Gasteiger partial charge on any atom is -0.324 e. The zero-order chi connectivity index (χ0) is 19.5. The summed E-state index contributed by atoms with van der Waals surface area (Å²) in [4.78, 5) is 27.7. The maximum atomic E-state index is 12.7. The third-order valence-corrected chi connectivity index (χ3v) is 5.32. The van der Waals surface area contributed by atoms with E-state index in [1.165, 1.54) is 25.7 Å². The number of nitrogens with one attached hydrogen (secondary N) is 2. The first kappa shape index (κ1) is 18.7. The second-order valence-electron chi connectivity index (χ2n) is 8.02. The van der Waals surface area contributed by atoms with Crippen molar-refractivity contribution in [3.8, 4) is 0 Å². The van der Waals surface area contributed by atoms with E-state index in [-0.39, 0.29) is 11.8 Å². The van der Waals surface area contributed by atoms with E-state index >= 15 is 0 Å². The molecule has 28 heavy (non-hydrogen) atoms. The van der Waals surface area contributed by atoms with E-state index < -0.39 is 0 Å². The molecule has 2 saturated carbocycles. The number of amides is 2. The topological polar surface area (TPSA) is 61.4 Å². The minimum atomic E-state index is -0.224. The van der Waals surface area contributed by atoms with Gasteiger partial charge >= 0.3 is 0 Å². The summed E-state index contributed by atoms with van der Waals surface area (Å²) in [6.45, 7) is 3.40. The first-order valence-electron chi connectivity index (χ1n) is 10.1. The highest BCUT2D eigenvalue weighted by Gasteiger charge is 2.34. The van der Waals surface area contributed by atoms with Crippen LogP contribution in [-0.2, 0) is 4.79 Å². The van der Waals surface area contributed by atoms with Crippen LogP contribution in [0.15, 0.2) is 48.5 Å². The molecule has 0 radical (unpaired) electrons. The van der Waals surface area contributed by atoms with Crippen molar-refractivity contribution in [3.05, 3.63) is 59.7 Å². The van der Waals surface area contributed by atoms with Crippen LogP contribution in [0.4, 0.5) is 11.4 Å². The molecule has 4 rings (SSSR count). The molecule has 2 aliphatic carbocycles. The Morgan fingerprint density at radius 1 is 1.00 bits per heavy atom. The van der Waals surface area contributed by atoms with Gasteiger partial charge in [0.25, 0.3) is 5.91 Å². The van der Waals surface area contributed by atoms with E-state index in [1.54, 1.807) is 12.1 Å². The Balaban J connectivity index is 1.41. The quantitative estimate of drug-likeness (QED) is 0.729. The molecule has 2 fully saturated rings. The van der Waals surface area contributed by atoms with Crippen molar-refractivity contribution in [1.29, 1.82) is 0 Å². The number of carbonyl (C=O) groups excluding carboxylic acids is 2. The van der Waals surface area contributed by atoms with Crippen LogP contribution in [0, 0.1) is 12.8 Å². The van der Waals surface area contributed by atoms with Crippen molar-refractivity contribution in [3.63, 3.8) is 0 Å². The van der Waals surface area contributed by atoms with Crippen molar-refractivity contribution in [2.45, 2.75) is 38.6 Å². The molecule has 0 spiro atoms. The summed E-state index contributed by atoms with van der Waals surface area (Å²) in [6, 6.07) is 15.4. The number of para-hydroxylation sites is 1.